The number of esters is 1. The van der Waals surface area contributed by atoms with Gasteiger partial charge >= 0.3 is 5.97 Å². The Morgan fingerprint density at radius 3 is 1.57 bits per heavy atom. The Morgan fingerprint density at radius 1 is 0.679 bits per heavy atom. The Kier molecular flexibility index (Phi) is 14.6. The first-order valence-electron chi connectivity index (χ1n) is 9.14. The van der Waals surface area contributed by atoms with E-state index in [2.05, 4.69) is 4.74 Å². The van der Waals surface area contributed by atoms with E-state index in [-0.39, 0.29) is 12.6 Å². The summed E-state index contributed by atoms with van der Waals surface area (Å²) in [5.74, 6) is -0.360. The van der Waals surface area contributed by atoms with Crippen molar-refractivity contribution in [3.63, 3.8) is 0 Å². The molecule has 0 aliphatic rings. The van der Waals surface area contributed by atoms with Crippen LogP contribution in [0, 0.1) is 0 Å². The first kappa shape index (κ1) is 25.1. The molecule has 0 bridgehead atoms. The molecule has 0 atom stereocenters. The minimum absolute atomic E-state index is 0.0586. The molecular weight excluding hydrogens is 348 g/mol. The number of ether oxygens (including phenoxy) is 1. The van der Waals surface area contributed by atoms with Crippen molar-refractivity contribution in [3.05, 3.63) is 107 Å². The molecule has 0 heterocycles. The van der Waals surface area contributed by atoms with Crippen LogP contribution in [0.5, 0.6) is 0 Å². The zero-order valence-corrected chi connectivity index (χ0v) is 17.6. The highest BCUT2D eigenvalue weighted by atomic mass is 16.5. The van der Waals surface area contributed by atoms with Gasteiger partial charge in [0, 0.05) is 6.08 Å². The summed E-state index contributed by atoms with van der Waals surface area (Å²) in [7, 11) is 1.36. The van der Waals surface area contributed by atoms with Crippen molar-refractivity contribution in [3.8, 4) is 0 Å². The smallest absolute Gasteiger partial charge is 0.330 e. The molecule has 0 amide bonds. The molecule has 3 heteroatoms. The van der Waals surface area contributed by atoms with Crippen LogP contribution in [0.2, 0.25) is 0 Å². The first-order chi connectivity index (χ1) is 13.4. The number of hydrogen-bond acceptors (Lipinski definition) is 3. The molecule has 0 unspecified atom stereocenters. The van der Waals surface area contributed by atoms with E-state index in [4.69, 9.17) is 5.11 Å². The molecule has 150 valence electrons. The van der Waals surface area contributed by atoms with Gasteiger partial charge in [-0.3, -0.25) is 0 Å². The predicted molar refractivity (Wildman–Crippen MR) is 120 cm³/mol. The quantitative estimate of drug-likeness (QED) is 0.300. The molecule has 0 rings (SSSR count). The lowest BCUT2D eigenvalue weighted by molar-refractivity contribution is -0.134. The monoisotopic (exact) mass is 380 g/mol. The Morgan fingerprint density at radius 2 is 1.11 bits per heavy atom. The van der Waals surface area contributed by atoms with Crippen molar-refractivity contribution < 1.29 is 14.6 Å². The molecular formula is C25H32O3. The number of methoxy groups -OCH3 is 1. The van der Waals surface area contributed by atoms with Gasteiger partial charge in [0.25, 0.3) is 0 Å². The normalized spacial score (nSPS) is 15.2. The van der Waals surface area contributed by atoms with Crippen LogP contribution >= 0.6 is 0 Å². The third-order valence-electron chi connectivity index (χ3n) is 3.44. The largest absolute Gasteiger partial charge is 0.466 e. The number of aliphatic hydroxyl groups excluding tert-OH is 1. The van der Waals surface area contributed by atoms with Gasteiger partial charge in [-0.05, 0) is 27.7 Å². The van der Waals surface area contributed by atoms with Gasteiger partial charge in [-0.2, -0.15) is 0 Å². The van der Waals surface area contributed by atoms with Crippen molar-refractivity contribution in [1.82, 2.24) is 0 Å². The zero-order chi connectivity index (χ0) is 21.2. The zero-order valence-electron chi connectivity index (χ0n) is 17.6. The van der Waals surface area contributed by atoms with Crippen LogP contribution < -0.4 is 0 Å². The number of allylic oxidation sites excluding steroid dienone is 16. The van der Waals surface area contributed by atoms with Gasteiger partial charge in [0.05, 0.1) is 13.7 Å². The Balaban J connectivity index is 4.63. The second-order valence-corrected chi connectivity index (χ2v) is 6.19. The fourth-order valence-electron chi connectivity index (χ4n) is 1.85. The molecule has 0 aromatic carbocycles. The summed E-state index contributed by atoms with van der Waals surface area (Å²) in [6.45, 7) is 8.03. The maximum atomic E-state index is 11.0. The molecule has 0 spiro atoms. The van der Waals surface area contributed by atoms with Crippen LogP contribution in [0.4, 0.5) is 0 Å². The molecule has 0 saturated carbocycles. The minimum atomic E-state index is -0.360. The van der Waals surface area contributed by atoms with Crippen molar-refractivity contribution >= 4 is 5.97 Å². The summed E-state index contributed by atoms with van der Waals surface area (Å²) in [4.78, 5) is 11.0. The van der Waals surface area contributed by atoms with Gasteiger partial charge in [0.2, 0.25) is 0 Å². The van der Waals surface area contributed by atoms with Gasteiger partial charge < -0.3 is 9.84 Å². The van der Waals surface area contributed by atoms with E-state index in [9.17, 15) is 4.79 Å². The fourth-order valence-corrected chi connectivity index (χ4v) is 1.85. The number of carbonyl (C=O) groups excluding carboxylic acids is 1. The molecule has 28 heavy (non-hydrogen) atoms. The maximum Gasteiger partial charge on any atom is 0.330 e. The van der Waals surface area contributed by atoms with Crippen LogP contribution in [0.3, 0.4) is 0 Å². The predicted octanol–water partition coefficient (Wildman–Crippen LogP) is 5.72. The van der Waals surface area contributed by atoms with E-state index in [1.807, 2.05) is 94.5 Å². The SMILES string of the molecule is COC(=O)/C=C/C(C)=C\C=C\C(C)=C\C=C\C=C(C)\C=C\C=C(C)\C=C\CO. The van der Waals surface area contributed by atoms with E-state index in [1.165, 1.54) is 13.2 Å². The minimum Gasteiger partial charge on any atom is -0.466 e. The van der Waals surface area contributed by atoms with Gasteiger partial charge in [-0.1, -0.05) is 101 Å². The molecule has 0 aromatic heterocycles. The lowest BCUT2D eigenvalue weighted by Crippen LogP contribution is -1.93. The number of aliphatic hydroxyl groups is 1. The first-order valence-corrected chi connectivity index (χ1v) is 9.14. The number of hydrogen-bond donors (Lipinski definition) is 1. The number of rotatable bonds is 10. The van der Waals surface area contributed by atoms with E-state index in [0.717, 1.165) is 22.3 Å². The summed E-state index contributed by atoms with van der Waals surface area (Å²) < 4.78 is 4.55. The van der Waals surface area contributed by atoms with Crippen molar-refractivity contribution in [1.29, 1.82) is 0 Å². The van der Waals surface area contributed by atoms with Gasteiger partial charge in [-0.25, -0.2) is 4.79 Å². The van der Waals surface area contributed by atoms with Gasteiger partial charge in [0.1, 0.15) is 0 Å². The van der Waals surface area contributed by atoms with Crippen molar-refractivity contribution in [2.75, 3.05) is 13.7 Å². The average molecular weight is 381 g/mol. The summed E-state index contributed by atoms with van der Waals surface area (Å²) in [5, 5.41) is 8.73. The molecule has 0 aliphatic carbocycles. The second kappa shape index (κ2) is 16.3. The van der Waals surface area contributed by atoms with Crippen LogP contribution in [-0.2, 0) is 9.53 Å². The molecule has 0 aliphatic heterocycles. The Hall–Kier alpha value is -2.91. The molecule has 1 N–H and O–H groups in total. The summed E-state index contributed by atoms with van der Waals surface area (Å²) >= 11 is 0. The molecule has 0 fully saturated rings. The van der Waals surface area contributed by atoms with E-state index in [0.29, 0.717) is 0 Å². The van der Waals surface area contributed by atoms with E-state index >= 15 is 0 Å². The van der Waals surface area contributed by atoms with Gasteiger partial charge in [-0.15, -0.1) is 0 Å². The van der Waals surface area contributed by atoms with Crippen LogP contribution in [0.1, 0.15) is 27.7 Å². The van der Waals surface area contributed by atoms with Crippen molar-refractivity contribution in [2.45, 2.75) is 27.7 Å². The standard InChI is InChI=1S/C25H32O3/c1-21(13-8-15-23(3)17-10-20-26)11-6-7-12-22(2)14-9-16-24(4)18-19-25(27)28-5/h6-19,26H,20H2,1-5H3/b7-6+,13-8+,14-9+,17-10+,19-18+,21-11+,22-12+,23-15+,24-16-. The highest BCUT2D eigenvalue weighted by molar-refractivity contribution is 5.82. The summed E-state index contributed by atoms with van der Waals surface area (Å²) in [6.07, 6.45) is 26.7. The van der Waals surface area contributed by atoms with Crippen LogP contribution in [-0.4, -0.2) is 24.8 Å². The fraction of sp³-hybridized carbons (Fsp3) is 0.240. The summed E-state index contributed by atoms with van der Waals surface area (Å²) in [6, 6.07) is 0. The van der Waals surface area contributed by atoms with E-state index < -0.39 is 0 Å². The van der Waals surface area contributed by atoms with Crippen LogP contribution in [0.25, 0.3) is 0 Å². The highest BCUT2D eigenvalue weighted by Gasteiger charge is 1.89. The number of carbonyl (C=O) groups is 1. The van der Waals surface area contributed by atoms with E-state index in [1.54, 1.807) is 12.2 Å². The van der Waals surface area contributed by atoms with Crippen molar-refractivity contribution in [2.24, 2.45) is 0 Å². The molecule has 0 aromatic rings. The van der Waals surface area contributed by atoms with Crippen LogP contribution in [0.15, 0.2) is 107 Å². The lowest BCUT2D eigenvalue weighted by Gasteiger charge is -1.91. The van der Waals surface area contributed by atoms with Gasteiger partial charge in [0.15, 0.2) is 0 Å². The average Bonchev–Trinajstić information content (AvgIpc) is 2.67. The third-order valence-corrected chi connectivity index (χ3v) is 3.44. The molecule has 0 radical (unpaired) electrons. The molecule has 3 nitrogen and oxygen atoms in total. The Labute approximate surface area is 169 Å². The lowest BCUT2D eigenvalue weighted by atomic mass is 10.2. The highest BCUT2D eigenvalue weighted by Crippen LogP contribution is 2.02. The molecule has 0 saturated heterocycles. The third kappa shape index (κ3) is 15.4. The topological polar surface area (TPSA) is 46.5 Å². The Bertz CT molecular complexity index is 749. The summed E-state index contributed by atoms with van der Waals surface area (Å²) in [5.41, 5.74) is 4.31. The second-order valence-electron chi connectivity index (χ2n) is 6.19. The maximum absolute atomic E-state index is 11.0.